The molecule has 0 fully saturated rings. The lowest BCUT2D eigenvalue weighted by Gasteiger charge is -2.23. The number of nitrogens with two attached hydrogens (primary N) is 1. The summed E-state index contributed by atoms with van der Waals surface area (Å²) < 4.78 is 1.49. The van der Waals surface area contributed by atoms with E-state index < -0.39 is 5.41 Å². The molecule has 1 aromatic heterocycles. The molecule has 0 amide bonds. The summed E-state index contributed by atoms with van der Waals surface area (Å²) in [6.07, 6.45) is 1.38. The Hall–Kier alpha value is -2.17. The first-order chi connectivity index (χ1) is 8.43. The lowest BCUT2D eigenvalue weighted by atomic mass is 9.80. The summed E-state index contributed by atoms with van der Waals surface area (Å²) in [5.41, 5.74) is 6.58. The van der Waals surface area contributed by atoms with Gasteiger partial charge in [-0.1, -0.05) is 12.1 Å². The third kappa shape index (κ3) is 1.99. The first-order valence-electron chi connectivity index (χ1n) is 5.67. The molecule has 0 spiro atoms. The molecule has 0 aliphatic rings. The van der Waals surface area contributed by atoms with Crippen LogP contribution >= 0.6 is 0 Å². The molecule has 2 N–H and O–H groups in total. The lowest BCUT2D eigenvalue weighted by Crippen LogP contribution is -2.31. The number of rotatable bonds is 3. The molecule has 0 saturated heterocycles. The average molecular weight is 244 g/mol. The van der Waals surface area contributed by atoms with E-state index in [-0.39, 0.29) is 5.78 Å². The van der Waals surface area contributed by atoms with Crippen LogP contribution in [0.1, 0.15) is 30.0 Å². The van der Waals surface area contributed by atoms with Gasteiger partial charge in [-0.05, 0) is 31.5 Å². The zero-order chi connectivity index (χ0) is 13.3. The van der Waals surface area contributed by atoms with Gasteiger partial charge in [-0.15, -0.1) is 0 Å². The summed E-state index contributed by atoms with van der Waals surface area (Å²) in [4.78, 5) is 16.5. The van der Waals surface area contributed by atoms with E-state index in [9.17, 15) is 4.79 Å². The van der Waals surface area contributed by atoms with Crippen molar-refractivity contribution in [2.75, 3.05) is 5.73 Å². The summed E-state index contributed by atoms with van der Waals surface area (Å²) >= 11 is 0. The van der Waals surface area contributed by atoms with Crippen LogP contribution in [0.3, 0.4) is 0 Å². The monoisotopic (exact) mass is 244 g/mol. The topological polar surface area (TPSA) is 73.8 Å². The van der Waals surface area contributed by atoms with E-state index in [1.807, 2.05) is 26.0 Å². The van der Waals surface area contributed by atoms with Crippen LogP contribution in [0.4, 0.5) is 5.69 Å². The number of carbonyl (C=O) groups is 1. The molecule has 5 heteroatoms. The van der Waals surface area contributed by atoms with Gasteiger partial charge in [0.2, 0.25) is 5.78 Å². The molecule has 94 valence electrons. The van der Waals surface area contributed by atoms with Crippen molar-refractivity contribution in [1.82, 2.24) is 14.8 Å². The van der Waals surface area contributed by atoms with E-state index in [0.717, 1.165) is 5.56 Å². The van der Waals surface area contributed by atoms with Gasteiger partial charge in [-0.3, -0.25) is 4.79 Å². The maximum atomic E-state index is 12.5. The van der Waals surface area contributed by atoms with Crippen LogP contribution in [0.25, 0.3) is 0 Å². The predicted molar refractivity (Wildman–Crippen MR) is 69.2 cm³/mol. The minimum absolute atomic E-state index is 0.0627. The third-order valence-electron chi connectivity index (χ3n) is 3.11. The Bertz CT molecular complexity index is 569. The molecule has 1 heterocycles. The van der Waals surface area contributed by atoms with Crippen LogP contribution in [0.5, 0.6) is 0 Å². The van der Waals surface area contributed by atoms with Gasteiger partial charge in [-0.2, -0.15) is 5.10 Å². The fourth-order valence-electron chi connectivity index (χ4n) is 1.81. The molecule has 0 radical (unpaired) electrons. The maximum Gasteiger partial charge on any atom is 0.209 e. The second kappa shape index (κ2) is 4.25. The highest BCUT2D eigenvalue weighted by molar-refractivity contribution is 6.00. The second-order valence-electron chi connectivity index (χ2n) is 4.78. The molecule has 18 heavy (non-hydrogen) atoms. The minimum Gasteiger partial charge on any atom is -0.399 e. The molecule has 0 unspecified atom stereocenters. The fraction of sp³-hybridized carbons (Fsp3) is 0.308. The van der Waals surface area contributed by atoms with E-state index in [0.29, 0.717) is 11.5 Å². The zero-order valence-electron chi connectivity index (χ0n) is 10.7. The Morgan fingerprint density at radius 3 is 2.39 bits per heavy atom. The number of aromatic nitrogens is 3. The number of hydrogen-bond acceptors (Lipinski definition) is 4. The minimum atomic E-state index is -0.658. The molecule has 2 aromatic rings. The highest BCUT2D eigenvalue weighted by atomic mass is 16.1. The summed E-state index contributed by atoms with van der Waals surface area (Å²) in [6, 6.07) is 7.31. The Labute approximate surface area is 106 Å². The molecule has 2 rings (SSSR count). The van der Waals surface area contributed by atoms with Crippen LogP contribution in [-0.2, 0) is 12.5 Å². The number of benzene rings is 1. The molecule has 0 aliphatic heterocycles. The number of aryl methyl sites for hydroxylation is 1. The van der Waals surface area contributed by atoms with Gasteiger partial charge in [0.1, 0.15) is 6.33 Å². The quantitative estimate of drug-likeness (QED) is 0.656. The Kier molecular flexibility index (Phi) is 2.90. The lowest BCUT2D eigenvalue weighted by molar-refractivity contribution is 0.0893. The van der Waals surface area contributed by atoms with Crippen molar-refractivity contribution in [3.8, 4) is 0 Å². The van der Waals surface area contributed by atoms with Crippen LogP contribution in [0, 0.1) is 0 Å². The normalized spacial score (nSPS) is 11.5. The SMILES string of the molecule is Cn1ncnc1C(=O)C(C)(C)c1ccc(N)cc1. The molecule has 0 atom stereocenters. The van der Waals surface area contributed by atoms with Crippen molar-refractivity contribution in [1.29, 1.82) is 0 Å². The summed E-state index contributed by atoms with van der Waals surface area (Å²) in [5.74, 6) is 0.295. The van der Waals surface area contributed by atoms with Crippen molar-refractivity contribution in [3.63, 3.8) is 0 Å². The van der Waals surface area contributed by atoms with E-state index in [1.165, 1.54) is 11.0 Å². The summed E-state index contributed by atoms with van der Waals surface area (Å²) in [5, 5.41) is 3.92. The summed E-state index contributed by atoms with van der Waals surface area (Å²) in [6.45, 7) is 3.74. The van der Waals surface area contributed by atoms with Crippen molar-refractivity contribution in [2.24, 2.45) is 7.05 Å². The number of nitrogen functional groups attached to an aromatic ring is 1. The Morgan fingerprint density at radius 1 is 1.28 bits per heavy atom. The van der Waals surface area contributed by atoms with Crippen molar-refractivity contribution < 1.29 is 4.79 Å². The van der Waals surface area contributed by atoms with E-state index in [1.54, 1.807) is 19.2 Å². The maximum absolute atomic E-state index is 12.5. The summed E-state index contributed by atoms with van der Waals surface area (Å²) in [7, 11) is 1.71. The van der Waals surface area contributed by atoms with Gasteiger partial charge in [-0.25, -0.2) is 9.67 Å². The van der Waals surface area contributed by atoms with E-state index >= 15 is 0 Å². The number of anilines is 1. The highest BCUT2D eigenvalue weighted by Gasteiger charge is 2.33. The van der Waals surface area contributed by atoms with Gasteiger partial charge in [0.05, 0.1) is 5.41 Å². The number of Topliss-reactive ketones (excluding diaryl/α,β-unsaturated/α-hetero) is 1. The Morgan fingerprint density at radius 2 is 1.89 bits per heavy atom. The smallest absolute Gasteiger partial charge is 0.209 e. The van der Waals surface area contributed by atoms with Crippen LogP contribution in [-0.4, -0.2) is 20.5 Å². The third-order valence-corrected chi connectivity index (χ3v) is 3.11. The van der Waals surface area contributed by atoms with E-state index in [4.69, 9.17) is 5.73 Å². The van der Waals surface area contributed by atoms with Crippen molar-refractivity contribution in [2.45, 2.75) is 19.3 Å². The van der Waals surface area contributed by atoms with E-state index in [2.05, 4.69) is 10.1 Å². The molecule has 5 nitrogen and oxygen atoms in total. The van der Waals surface area contributed by atoms with Gasteiger partial charge in [0.15, 0.2) is 5.82 Å². The molecule has 1 aromatic carbocycles. The van der Waals surface area contributed by atoms with Crippen molar-refractivity contribution >= 4 is 11.5 Å². The second-order valence-corrected chi connectivity index (χ2v) is 4.78. The predicted octanol–water partition coefficient (Wildman–Crippen LogP) is 1.56. The first-order valence-corrected chi connectivity index (χ1v) is 5.67. The standard InChI is InChI=1S/C13H16N4O/c1-13(2,9-4-6-10(14)7-5-9)11(18)12-15-8-16-17(12)3/h4-8H,14H2,1-3H3. The number of ketones is 1. The van der Waals surface area contributed by atoms with Gasteiger partial charge in [0, 0.05) is 12.7 Å². The zero-order valence-corrected chi connectivity index (χ0v) is 10.7. The number of nitrogens with zero attached hydrogens (tertiary/aromatic N) is 3. The van der Waals surface area contributed by atoms with Crippen LogP contribution < -0.4 is 5.73 Å². The Balaban J connectivity index is 2.39. The van der Waals surface area contributed by atoms with Crippen LogP contribution in [0.2, 0.25) is 0 Å². The van der Waals surface area contributed by atoms with Crippen molar-refractivity contribution in [3.05, 3.63) is 42.0 Å². The number of hydrogen-bond donors (Lipinski definition) is 1. The molecular weight excluding hydrogens is 228 g/mol. The van der Waals surface area contributed by atoms with Gasteiger partial charge < -0.3 is 5.73 Å². The average Bonchev–Trinajstić information content (AvgIpc) is 2.75. The largest absolute Gasteiger partial charge is 0.399 e. The van der Waals surface area contributed by atoms with Gasteiger partial charge in [0.25, 0.3) is 0 Å². The van der Waals surface area contributed by atoms with Gasteiger partial charge >= 0.3 is 0 Å². The molecule has 0 aliphatic carbocycles. The highest BCUT2D eigenvalue weighted by Crippen LogP contribution is 2.27. The fourth-order valence-corrected chi connectivity index (χ4v) is 1.81. The molecular formula is C13H16N4O. The molecule has 0 saturated carbocycles. The molecule has 0 bridgehead atoms. The van der Waals surface area contributed by atoms with Crippen LogP contribution in [0.15, 0.2) is 30.6 Å². The first kappa shape index (κ1) is 12.3. The number of carbonyl (C=O) groups excluding carboxylic acids is 1.